The molecule has 2 aromatic heterocycles. The van der Waals surface area contributed by atoms with Crippen LogP contribution in [-0.2, 0) is 12.8 Å². The molecule has 5 nitrogen and oxygen atoms in total. The molecule has 1 unspecified atom stereocenters. The SMILES string of the molecule is CC(C)C(O)C#Cc1ccc2[nH]c3c(c2c1)-c1nc(N)ncc1CC3. The molecule has 0 radical (unpaired) electrons. The molecule has 0 spiro atoms. The van der Waals surface area contributed by atoms with Crippen molar-refractivity contribution in [1.29, 1.82) is 0 Å². The Labute approximate surface area is 146 Å². The van der Waals surface area contributed by atoms with E-state index in [0.717, 1.165) is 46.1 Å². The Hall–Kier alpha value is -2.84. The molecule has 4 N–H and O–H groups in total. The summed E-state index contributed by atoms with van der Waals surface area (Å²) in [4.78, 5) is 12.1. The third kappa shape index (κ3) is 2.75. The Bertz CT molecular complexity index is 1020. The molecular weight excluding hydrogens is 312 g/mol. The van der Waals surface area contributed by atoms with E-state index < -0.39 is 6.10 Å². The van der Waals surface area contributed by atoms with Crippen LogP contribution in [0.15, 0.2) is 24.4 Å². The van der Waals surface area contributed by atoms with Crippen LogP contribution < -0.4 is 5.73 Å². The molecule has 1 aliphatic carbocycles. The van der Waals surface area contributed by atoms with Crippen LogP contribution in [-0.4, -0.2) is 26.2 Å². The molecule has 1 atom stereocenters. The van der Waals surface area contributed by atoms with E-state index in [-0.39, 0.29) is 11.9 Å². The lowest BCUT2D eigenvalue weighted by Crippen LogP contribution is -2.11. The van der Waals surface area contributed by atoms with Gasteiger partial charge in [0.05, 0.1) is 5.69 Å². The average Bonchev–Trinajstić information content (AvgIpc) is 2.97. The molecule has 0 saturated carbocycles. The van der Waals surface area contributed by atoms with Crippen LogP contribution in [0, 0.1) is 17.8 Å². The fourth-order valence-electron chi connectivity index (χ4n) is 3.19. The fourth-order valence-corrected chi connectivity index (χ4v) is 3.19. The van der Waals surface area contributed by atoms with E-state index in [4.69, 9.17) is 5.73 Å². The maximum atomic E-state index is 9.90. The summed E-state index contributed by atoms with van der Waals surface area (Å²) >= 11 is 0. The Morgan fingerprint density at radius 2 is 2.12 bits per heavy atom. The van der Waals surface area contributed by atoms with Crippen LogP contribution in [0.2, 0.25) is 0 Å². The van der Waals surface area contributed by atoms with Crippen LogP contribution in [0.5, 0.6) is 0 Å². The molecule has 25 heavy (non-hydrogen) atoms. The van der Waals surface area contributed by atoms with E-state index in [2.05, 4.69) is 32.9 Å². The zero-order chi connectivity index (χ0) is 17.6. The number of hydrogen-bond acceptors (Lipinski definition) is 4. The van der Waals surface area contributed by atoms with Crippen molar-refractivity contribution in [2.75, 3.05) is 5.73 Å². The summed E-state index contributed by atoms with van der Waals surface area (Å²) in [6.45, 7) is 3.90. The number of aromatic nitrogens is 3. The number of nitrogen functional groups attached to an aromatic ring is 1. The van der Waals surface area contributed by atoms with Crippen molar-refractivity contribution in [1.82, 2.24) is 15.0 Å². The molecule has 1 aromatic carbocycles. The minimum atomic E-state index is -0.621. The summed E-state index contributed by atoms with van der Waals surface area (Å²) in [5.41, 5.74) is 12.0. The second-order valence-electron chi connectivity index (χ2n) is 6.80. The van der Waals surface area contributed by atoms with E-state index in [1.54, 1.807) is 0 Å². The average molecular weight is 332 g/mol. The summed E-state index contributed by atoms with van der Waals surface area (Å²) in [5, 5.41) is 11.0. The zero-order valence-corrected chi connectivity index (χ0v) is 14.3. The normalized spacial score (nSPS) is 13.9. The van der Waals surface area contributed by atoms with E-state index in [1.165, 1.54) is 5.69 Å². The molecule has 0 saturated heterocycles. The van der Waals surface area contributed by atoms with E-state index in [1.807, 2.05) is 32.2 Å². The number of hydrogen-bond donors (Lipinski definition) is 3. The zero-order valence-electron chi connectivity index (χ0n) is 14.3. The van der Waals surface area contributed by atoms with E-state index in [9.17, 15) is 5.11 Å². The lowest BCUT2D eigenvalue weighted by molar-refractivity contribution is 0.181. The molecule has 126 valence electrons. The number of nitrogens with one attached hydrogen (secondary N) is 1. The molecule has 1 aliphatic rings. The van der Waals surface area contributed by atoms with Gasteiger partial charge in [0.1, 0.15) is 6.10 Å². The number of benzene rings is 1. The highest BCUT2D eigenvalue weighted by Gasteiger charge is 2.22. The minimum Gasteiger partial charge on any atom is -0.380 e. The number of aromatic amines is 1. The molecule has 2 heterocycles. The van der Waals surface area contributed by atoms with Gasteiger partial charge in [0.2, 0.25) is 5.95 Å². The number of aliphatic hydroxyl groups excluding tert-OH is 1. The predicted octanol–water partition coefficient (Wildman–Crippen LogP) is 2.67. The number of nitrogens with two attached hydrogens (primary N) is 1. The van der Waals surface area contributed by atoms with Crippen molar-refractivity contribution >= 4 is 16.9 Å². The fraction of sp³-hybridized carbons (Fsp3) is 0.300. The number of rotatable bonds is 1. The van der Waals surface area contributed by atoms with Gasteiger partial charge in [0, 0.05) is 33.9 Å². The molecule has 0 amide bonds. The molecule has 0 bridgehead atoms. The van der Waals surface area contributed by atoms with Gasteiger partial charge in [-0.15, -0.1) is 0 Å². The third-order valence-corrected chi connectivity index (χ3v) is 4.64. The van der Waals surface area contributed by atoms with Crippen LogP contribution in [0.4, 0.5) is 5.95 Å². The molecule has 4 rings (SSSR count). The van der Waals surface area contributed by atoms with Crippen LogP contribution >= 0.6 is 0 Å². The highest BCUT2D eigenvalue weighted by Crippen LogP contribution is 2.38. The van der Waals surface area contributed by atoms with Gasteiger partial charge in [0.25, 0.3) is 0 Å². The number of nitrogens with zero attached hydrogens (tertiary/aromatic N) is 2. The summed E-state index contributed by atoms with van der Waals surface area (Å²) in [7, 11) is 0. The first-order valence-corrected chi connectivity index (χ1v) is 8.49. The lowest BCUT2D eigenvalue weighted by Gasteiger charge is -2.15. The first-order valence-electron chi connectivity index (χ1n) is 8.49. The highest BCUT2D eigenvalue weighted by molar-refractivity contribution is 5.98. The second-order valence-corrected chi connectivity index (χ2v) is 6.80. The Balaban J connectivity index is 1.86. The summed E-state index contributed by atoms with van der Waals surface area (Å²) in [5.74, 6) is 6.39. The largest absolute Gasteiger partial charge is 0.380 e. The summed E-state index contributed by atoms with van der Waals surface area (Å²) in [6.07, 6.45) is 3.03. The standard InChI is InChI=1S/C20H20N4O/c1-11(2)17(25)8-4-12-3-6-15-14(9-12)18-16(23-15)7-5-13-10-22-20(21)24-19(13)18/h3,6,9-11,17,23,25H,5,7H2,1-2H3,(H2,21,22,24). The smallest absolute Gasteiger partial charge is 0.220 e. The van der Waals surface area contributed by atoms with Crippen molar-refractivity contribution in [2.45, 2.75) is 32.8 Å². The number of aliphatic hydroxyl groups is 1. The summed E-state index contributed by atoms with van der Waals surface area (Å²) < 4.78 is 0. The Morgan fingerprint density at radius 3 is 2.92 bits per heavy atom. The van der Waals surface area contributed by atoms with Crippen molar-refractivity contribution in [3.63, 3.8) is 0 Å². The number of aryl methyl sites for hydroxylation is 2. The molecule has 5 heteroatoms. The number of H-pyrrole nitrogens is 1. The van der Waals surface area contributed by atoms with Gasteiger partial charge in [-0.25, -0.2) is 9.97 Å². The quantitative estimate of drug-likeness (QED) is 0.598. The maximum absolute atomic E-state index is 9.90. The van der Waals surface area contributed by atoms with Gasteiger partial charge in [-0.1, -0.05) is 25.7 Å². The van der Waals surface area contributed by atoms with Crippen molar-refractivity contribution < 1.29 is 5.11 Å². The lowest BCUT2D eigenvalue weighted by atomic mass is 9.93. The molecule has 3 aromatic rings. The van der Waals surface area contributed by atoms with Crippen molar-refractivity contribution in [3.05, 3.63) is 41.2 Å². The maximum Gasteiger partial charge on any atom is 0.220 e. The van der Waals surface area contributed by atoms with Gasteiger partial charge < -0.3 is 15.8 Å². The molecule has 0 aliphatic heterocycles. The van der Waals surface area contributed by atoms with Crippen LogP contribution in [0.3, 0.4) is 0 Å². The second kappa shape index (κ2) is 5.91. The van der Waals surface area contributed by atoms with Crippen molar-refractivity contribution in [3.8, 4) is 23.1 Å². The predicted molar refractivity (Wildman–Crippen MR) is 98.9 cm³/mol. The van der Waals surface area contributed by atoms with Crippen molar-refractivity contribution in [2.24, 2.45) is 5.92 Å². The van der Waals surface area contributed by atoms with Gasteiger partial charge in [-0.3, -0.25) is 0 Å². The van der Waals surface area contributed by atoms with Gasteiger partial charge in [-0.2, -0.15) is 0 Å². The minimum absolute atomic E-state index is 0.114. The Kier molecular flexibility index (Phi) is 3.70. The number of anilines is 1. The molecule has 0 fully saturated rings. The van der Waals surface area contributed by atoms with Crippen LogP contribution in [0.1, 0.15) is 30.7 Å². The van der Waals surface area contributed by atoms with Gasteiger partial charge >= 0.3 is 0 Å². The van der Waals surface area contributed by atoms with E-state index in [0.29, 0.717) is 0 Å². The highest BCUT2D eigenvalue weighted by atomic mass is 16.3. The van der Waals surface area contributed by atoms with Crippen LogP contribution in [0.25, 0.3) is 22.2 Å². The van der Waals surface area contributed by atoms with E-state index >= 15 is 0 Å². The monoisotopic (exact) mass is 332 g/mol. The topological polar surface area (TPSA) is 87.8 Å². The Morgan fingerprint density at radius 1 is 1.28 bits per heavy atom. The summed E-state index contributed by atoms with van der Waals surface area (Å²) in [6, 6.07) is 6.06. The number of fused-ring (bicyclic) bond motifs is 5. The first kappa shape index (κ1) is 15.7. The third-order valence-electron chi connectivity index (χ3n) is 4.64. The molecular formula is C20H20N4O. The van der Waals surface area contributed by atoms with Gasteiger partial charge in [0.15, 0.2) is 0 Å². The first-order chi connectivity index (χ1) is 12.0. The van der Waals surface area contributed by atoms with Gasteiger partial charge in [-0.05, 0) is 42.5 Å².